The summed E-state index contributed by atoms with van der Waals surface area (Å²) in [6.45, 7) is 2.57. The summed E-state index contributed by atoms with van der Waals surface area (Å²) in [5.74, 6) is -0.273. The van der Waals surface area contributed by atoms with Crippen molar-refractivity contribution in [1.82, 2.24) is 0 Å². The molecule has 0 heterocycles. The van der Waals surface area contributed by atoms with Gasteiger partial charge >= 0.3 is 5.97 Å². The molecular weight excluding hydrogens is 290 g/mol. The van der Waals surface area contributed by atoms with Crippen LogP contribution in [0, 0.1) is 10.1 Å². The van der Waals surface area contributed by atoms with Gasteiger partial charge in [-0.25, -0.2) is 4.79 Å². The van der Waals surface area contributed by atoms with Crippen LogP contribution in [0.15, 0.2) is 12.1 Å². The summed E-state index contributed by atoms with van der Waals surface area (Å²) in [7, 11) is 2.56. The second-order valence-electron chi connectivity index (χ2n) is 4.68. The van der Waals surface area contributed by atoms with Crippen LogP contribution in [0.2, 0.25) is 0 Å². The largest absolute Gasteiger partial charge is 0.493 e. The van der Waals surface area contributed by atoms with Crippen molar-refractivity contribution in [2.24, 2.45) is 0 Å². The molecule has 7 heteroatoms. The third kappa shape index (κ3) is 4.61. The number of nitrogens with zero attached hydrogens (tertiary/aromatic N) is 1. The maximum absolute atomic E-state index is 11.7. The zero-order valence-electron chi connectivity index (χ0n) is 13.1. The summed E-state index contributed by atoms with van der Waals surface area (Å²) in [5.41, 5.74) is -0.529. The van der Waals surface area contributed by atoms with E-state index < -0.39 is 10.9 Å². The van der Waals surface area contributed by atoms with Gasteiger partial charge in [0, 0.05) is 6.07 Å². The predicted octanol–water partition coefficient (Wildman–Crippen LogP) is 3.35. The number of rotatable bonds is 9. The predicted molar refractivity (Wildman–Crippen MR) is 80.6 cm³/mol. The van der Waals surface area contributed by atoms with Crippen molar-refractivity contribution in [2.75, 3.05) is 20.8 Å². The zero-order valence-corrected chi connectivity index (χ0v) is 13.1. The second-order valence-corrected chi connectivity index (χ2v) is 4.68. The van der Waals surface area contributed by atoms with Crippen molar-refractivity contribution >= 4 is 11.7 Å². The highest BCUT2D eigenvalue weighted by molar-refractivity contribution is 5.94. The second kappa shape index (κ2) is 8.86. The van der Waals surface area contributed by atoms with Gasteiger partial charge in [0.2, 0.25) is 0 Å². The Labute approximate surface area is 129 Å². The molecule has 0 spiro atoms. The van der Waals surface area contributed by atoms with E-state index in [1.165, 1.54) is 26.4 Å². The first-order chi connectivity index (χ1) is 10.5. The van der Waals surface area contributed by atoms with E-state index in [9.17, 15) is 14.9 Å². The molecule has 1 aromatic rings. The Hall–Kier alpha value is -2.31. The highest BCUT2D eigenvalue weighted by Crippen LogP contribution is 2.35. The number of carbonyl (C=O) groups is 1. The summed E-state index contributed by atoms with van der Waals surface area (Å²) in [6.07, 6.45) is 4.14. The van der Waals surface area contributed by atoms with E-state index in [0.717, 1.165) is 25.7 Å². The van der Waals surface area contributed by atoms with Gasteiger partial charge in [-0.3, -0.25) is 10.1 Å². The van der Waals surface area contributed by atoms with Gasteiger partial charge in [-0.2, -0.15) is 0 Å². The number of benzene rings is 1. The fourth-order valence-corrected chi connectivity index (χ4v) is 1.96. The van der Waals surface area contributed by atoms with Crippen molar-refractivity contribution in [3.63, 3.8) is 0 Å². The molecule has 0 amide bonds. The first kappa shape index (κ1) is 17.7. The Morgan fingerprint density at radius 1 is 1.18 bits per heavy atom. The highest BCUT2D eigenvalue weighted by Gasteiger charge is 2.25. The minimum absolute atomic E-state index is 0.156. The summed E-state index contributed by atoms with van der Waals surface area (Å²) >= 11 is 0. The number of methoxy groups -OCH3 is 2. The van der Waals surface area contributed by atoms with E-state index >= 15 is 0 Å². The third-order valence-electron chi connectivity index (χ3n) is 3.14. The molecule has 22 heavy (non-hydrogen) atoms. The van der Waals surface area contributed by atoms with Crippen LogP contribution in [0.3, 0.4) is 0 Å². The van der Waals surface area contributed by atoms with Gasteiger partial charge in [-0.15, -0.1) is 0 Å². The Bertz CT molecular complexity index is 529. The van der Waals surface area contributed by atoms with Crippen molar-refractivity contribution in [3.05, 3.63) is 27.8 Å². The Balaban J connectivity index is 3.00. The Morgan fingerprint density at radius 2 is 1.91 bits per heavy atom. The molecule has 1 aromatic carbocycles. The molecule has 0 fully saturated rings. The normalized spacial score (nSPS) is 10.1. The van der Waals surface area contributed by atoms with Crippen molar-refractivity contribution in [2.45, 2.75) is 32.6 Å². The molecule has 0 radical (unpaired) electrons. The first-order valence-electron chi connectivity index (χ1n) is 7.12. The number of nitro groups is 1. The standard InChI is InChI=1S/C15H21NO6/c1-4-5-6-7-8-22-14-9-11(15(17)21-3)12(16(18)19)10-13(14)20-2/h9-10H,4-8H2,1-3H3. The lowest BCUT2D eigenvalue weighted by Crippen LogP contribution is -2.08. The number of esters is 1. The van der Waals surface area contributed by atoms with Gasteiger partial charge in [0.1, 0.15) is 5.56 Å². The van der Waals surface area contributed by atoms with Crippen LogP contribution < -0.4 is 9.47 Å². The van der Waals surface area contributed by atoms with Gasteiger partial charge in [0.15, 0.2) is 11.5 Å². The monoisotopic (exact) mass is 311 g/mol. The molecule has 0 bridgehead atoms. The van der Waals surface area contributed by atoms with Crippen LogP contribution in [-0.4, -0.2) is 31.7 Å². The van der Waals surface area contributed by atoms with E-state index in [1.807, 2.05) is 0 Å². The molecule has 0 aliphatic heterocycles. The molecule has 0 atom stereocenters. The lowest BCUT2D eigenvalue weighted by Gasteiger charge is -2.12. The van der Waals surface area contributed by atoms with Crippen LogP contribution in [0.5, 0.6) is 11.5 Å². The molecule has 0 saturated heterocycles. The number of nitro benzene ring substituents is 1. The molecule has 0 unspecified atom stereocenters. The summed E-state index contributed by atoms with van der Waals surface area (Å²) < 4.78 is 15.3. The van der Waals surface area contributed by atoms with Crippen molar-refractivity contribution < 1.29 is 23.9 Å². The lowest BCUT2D eigenvalue weighted by atomic mass is 10.1. The van der Waals surface area contributed by atoms with Crippen LogP contribution in [0.25, 0.3) is 0 Å². The molecule has 1 rings (SSSR count). The van der Waals surface area contributed by atoms with Crippen LogP contribution in [0.1, 0.15) is 43.0 Å². The number of carbonyl (C=O) groups excluding carboxylic acids is 1. The molecule has 0 saturated carbocycles. The zero-order chi connectivity index (χ0) is 16.5. The van der Waals surface area contributed by atoms with Gasteiger partial charge in [-0.1, -0.05) is 26.2 Å². The van der Waals surface area contributed by atoms with E-state index in [-0.39, 0.29) is 17.0 Å². The van der Waals surface area contributed by atoms with Crippen molar-refractivity contribution in [3.8, 4) is 11.5 Å². The highest BCUT2D eigenvalue weighted by atomic mass is 16.6. The molecule has 0 aliphatic carbocycles. The van der Waals surface area contributed by atoms with Gasteiger partial charge < -0.3 is 14.2 Å². The Morgan fingerprint density at radius 3 is 2.45 bits per heavy atom. The van der Waals surface area contributed by atoms with Gasteiger partial charge in [-0.05, 0) is 6.42 Å². The van der Waals surface area contributed by atoms with E-state index in [4.69, 9.17) is 9.47 Å². The fraction of sp³-hybridized carbons (Fsp3) is 0.533. The number of hydrogen-bond donors (Lipinski definition) is 0. The maximum atomic E-state index is 11.7. The fourth-order valence-electron chi connectivity index (χ4n) is 1.96. The topological polar surface area (TPSA) is 87.9 Å². The average Bonchev–Trinajstić information content (AvgIpc) is 2.53. The molecule has 122 valence electrons. The third-order valence-corrected chi connectivity index (χ3v) is 3.14. The molecular formula is C15H21NO6. The lowest BCUT2D eigenvalue weighted by molar-refractivity contribution is -0.385. The van der Waals surface area contributed by atoms with Crippen molar-refractivity contribution in [1.29, 1.82) is 0 Å². The quantitative estimate of drug-likeness (QED) is 0.301. The van der Waals surface area contributed by atoms with Gasteiger partial charge in [0.25, 0.3) is 5.69 Å². The van der Waals surface area contributed by atoms with Gasteiger partial charge in [0.05, 0.1) is 31.8 Å². The first-order valence-corrected chi connectivity index (χ1v) is 7.12. The molecule has 7 nitrogen and oxygen atoms in total. The molecule has 0 N–H and O–H groups in total. The summed E-state index contributed by atoms with van der Waals surface area (Å²) in [4.78, 5) is 22.1. The summed E-state index contributed by atoms with van der Waals surface area (Å²) in [6, 6.07) is 2.47. The van der Waals surface area contributed by atoms with Crippen LogP contribution >= 0.6 is 0 Å². The van der Waals surface area contributed by atoms with E-state index in [2.05, 4.69) is 11.7 Å². The minimum atomic E-state index is -0.787. The summed E-state index contributed by atoms with van der Waals surface area (Å²) in [5, 5.41) is 11.1. The smallest absolute Gasteiger partial charge is 0.345 e. The molecule has 0 aliphatic rings. The average molecular weight is 311 g/mol. The number of hydrogen-bond acceptors (Lipinski definition) is 6. The number of ether oxygens (including phenoxy) is 3. The SMILES string of the molecule is CCCCCCOc1cc(C(=O)OC)c([N+](=O)[O-])cc1OC. The van der Waals surface area contributed by atoms with Crippen LogP contribution in [-0.2, 0) is 4.74 Å². The Kier molecular flexibility index (Phi) is 7.15. The molecule has 0 aromatic heterocycles. The number of unbranched alkanes of at least 4 members (excludes halogenated alkanes) is 3. The minimum Gasteiger partial charge on any atom is -0.493 e. The maximum Gasteiger partial charge on any atom is 0.345 e. The van der Waals surface area contributed by atoms with E-state index in [1.54, 1.807) is 0 Å². The van der Waals surface area contributed by atoms with Crippen LogP contribution in [0.4, 0.5) is 5.69 Å². The van der Waals surface area contributed by atoms with E-state index in [0.29, 0.717) is 12.4 Å².